The van der Waals surface area contributed by atoms with Gasteiger partial charge in [-0.2, -0.15) is 0 Å². The number of benzene rings is 1. The Kier molecular flexibility index (Phi) is 3.43. The number of nitrogens with zero attached hydrogens (tertiary/aromatic N) is 1. The summed E-state index contributed by atoms with van der Waals surface area (Å²) in [6, 6.07) is 10.4. The van der Waals surface area contributed by atoms with Crippen LogP contribution in [0.1, 0.15) is 38.1 Å². The summed E-state index contributed by atoms with van der Waals surface area (Å²) >= 11 is 1.74. The molecule has 0 saturated heterocycles. The largest absolute Gasteiger partial charge is 0.325 e. The summed E-state index contributed by atoms with van der Waals surface area (Å²) in [6.07, 6.45) is 4.34. The summed E-state index contributed by atoms with van der Waals surface area (Å²) in [7, 11) is 0. The van der Waals surface area contributed by atoms with Crippen LogP contribution in [-0.4, -0.2) is 10.5 Å². The molecule has 1 saturated carbocycles. The first-order valence-corrected chi connectivity index (χ1v) is 8.13. The fraction of sp³-hybridized carbons (Fsp3) is 0.471. The number of thiazole rings is 1. The molecule has 1 unspecified atom stereocenters. The van der Waals surface area contributed by atoms with Crippen LogP contribution in [0.3, 0.4) is 0 Å². The SMILES string of the molecule is CC1(C)CCC(N)(Cc2nc(-c3ccccc3)cs2)C1. The third-order valence-corrected chi connectivity index (χ3v) is 5.10. The van der Waals surface area contributed by atoms with E-state index in [0.717, 1.165) is 25.0 Å². The first kappa shape index (κ1) is 13.8. The van der Waals surface area contributed by atoms with Crippen molar-refractivity contribution < 1.29 is 0 Å². The Labute approximate surface area is 125 Å². The first-order chi connectivity index (χ1) is 9.46. The molecule has 3 rings (SSSR count). The second kappa shape index (κ2) is 4.97. The van der Waals surface area contributed by atoms with Crippen molar-refractivity contribution >= 4 is 11.3 Å². The molecule has 106 valence electrons. The molecule has 0 radical (unpaired) electrons. The molecule has 0 amide bonds. The zero-order valence-electron chi connectivity index (χ0n) is 12.2. The van der Waals surface area contributed by atoms with Gasteiger partial charge in [0.05, 0.1) is 10.7 Å². The van der Waals surface area contributed by atoms with E-state index < -0.39 is 0 Å². The van der Waals surface area contributed by atoms with E-state index in [1.54, 1.807) is 11.3 Å². The third kappa shape index (κ3) is 2.94. The highest BCUT2D eigenvalue weighted by atomic mass is 32.1. The van der Waals surface area contributed by atoms with Crippen molar-refractivity contribution in [2.75, 3.05) is 0 Å². The molecule has 1 fully saturated rings. The zero-order valence-corrected chi connectivity index (χ0v) is 13.0. The van der Waals surface area contributed by atoms with E-state index in [4.69, 9.17) is 10.7 Å². The van der Waals surface area contributed by atoms with Gasteiger partial charge in [0.15, 0.2) is 0 Å². The topological polar surface area (TPSA) is 38.9 Å². The van der Waals surface area contributed by atoms with E-state index in [-0.39, 0.29) is 5.54 Å². The van der Waals surface area contributed by atoms with Crippen molar-refractivity contribution in [2.45, 2.75) is 45.1 Å². The lowest BCUT2D eigenvalue weighted by molar-refractivity contribution is 0.334. The minimum Gasteiger partial charge on any atom is -0.325 e. The highest BCUT2D eigenvalue weighted by Gasteiger charge is 2.40. The molecule has 0 aliphatic heterocycles. The Balaban J connectivity index is 1.75. The van der Waals surface area contributed by atoms with E-state index in [1.165, 1.54) is 17.0 Å². The lowest BCUT2D eigenvalue weighted by Gasteiger charge is -2.25. The van der Waals surface area contributed by atoms with Crippen molar-refractivity contribution in [2.24, 2.45) is 11.1 Å². The van der Waals surface area contributed by atoms with Crippen molar-refractivity contribution in [1.29, 1.82) is 0 Å². The first-order valence-electron chi connectivity index (χ1n) is 7.25. The van der Waals surface area contributed by atoms with Gasteiger partial charge in [-0.05, 0) is 24.7 Å². The second-order valence-electron chi connectivity index (χ2n) is 6.87. The van der Waals surface area contributed by atoms with E-state index in [2.05, 4.69) is 43.5 Å². The van der Waals surface area contributed by atoms with Crippen LogP contribution in [0.5, 0.6) is 0 Å². The van der Waals surface area contributed by atoms with Crippen molar-refractivity contribution in [3.8, 4) is 11.3 Å². The molecule has 2 nitrogen and oxygen atoms in total. The monoisotopic (exact) mass is 286 g/mol. The zero-order chi connectivity index (χ0) is 14.2. The van der Waals surface area contributed by atoms with Gasteiger partial charge in [-0.3, -0.25) is 0 Å². The molecule has 1 aliphatic carbocycles. The van der Waals surface area contributed by atoms with Gasteiger partial charge in [0, 0.05) is 22.9 Å². The summed E-state index contributed by atoms with van der Waals surface area (Å²) < 4.78 is 0. The van der Waals surface area contributed by atoms with Gasteiger partial charge in [0.25, 0.3) is 0 Å². The van der Waals surface area contributed by atoms with Crippen LogP contribution in [0.2, 0.25) is 0 Å². The lowest BCUT2D eigenvalue weighted by atomic mass is 9.87. The van der Waals surface area contributed by atoms with E-state index in [9.17, 15) is 0 Å². The Morgan fingerprint density at radius 3 is 2.60 bits per heavy atom. The van der Waals surface area contributed by atoms with Crippen molar-refractivity contribution in [3.63, 3.8) is 0 Å². The number of aromatic nitrogens is 1. The average Bonchev–Trinajstić information content (AvgIpc) is 2.95. The smallest absolute Gasteiger partial charge is 0.0950 e. The maximum atomic E-state index is 6.58. The molecule has 1 aromatic carbocycles. The fourth-order valence-corrected chi connectivity index (χ4v) is 4.26. The van der Waals surface area contributed by atoms with Crippen LogP contribution in [-0.2, 0) is 6.42 Å². The normalized spacial score (nSPS) is 24.9. The molecule has 1 aliphatic rings. The van der Waals surface area contributed by atoms with Gasteiger partial charge < -0.3 is 5.73 Å². The molecular formula is C17H22N2S. The van der Waals surface area contributed by atoms with E-state index in [1.807, 2.05) is 6.07 Å². The van der Waals surface area contributed by atoms with Crippen LogP contribution < -0.4 is 5.73 Å². The maximum absolute atomic E-state index is 6.58. The fourth-order valence-electron chi connectivity index (χ4n) is 3.30. The highest BCUT2D eigenvalue weighted by Crippen LogP contribution is 2.44. The second-order valence-corrected chi connectivity index (χ2v) is 7.82. The van der Waals surface area contributed by atoms with Crippen LogP contribution in [0.15, 0.2) is 35.7 Å². The molecule has 0 spiro atoms. The Bertz CT molecular complexity index is 588. The van der Waals surface area contributed by atoms with Gasteiger partial charge in [-0.15, -0.1) is 11.3 Å². The molecule has 1 aromatic heterocycles. The summed E-state index contributed by atoms with van der Waals surface area (Å²) in [6.45, 7) is 4.64. The Morgan fingerprint density at radius 1 is 1.20 bits per heavy atom. The van der Waals surface area contributed by atoms with Gasteiger partial charge in [-0.25, -0.2) is 4.98 Å². The summed E-state index contributed by atoms with van der Waals surface area (Å²) in [5, 5.41) is 3.32. The molecule has 1 atom stereocenters. The minimum absolute atomic E-state index is 0.0602. The van der Waals surface area contributed by atoms with Crippen molar-refractivity contribution in [1.82, 2.24) is 4.98 Å². The lowest BCUT2D eigenvalue weighted by Crippen LogP contribution is -2.40. The van der Waals surface area contributed by atoms with Crippen LogP contribution in [0, 0.1) is 5.41 Å². The number of hydrogen-bond acceptors (Lipinski definition) is 3. The molecule has 3 heteroatoms. The summed E-state index contributed by atoms with van der Waals surface area (Å²) in [5.74, 6) is 0. The number of rotatable bonds is 3. The molecule has 20 heavy (non-hydrogen) atoms. The van der Waals surface area contributed by atoms with E-state index >= 15 is 0 Å². The summed E-state index contributed by atoms with van der Waals surface area (Å²) in [4.78, 5) is 4.78. The molecule has 2 N–H and O–H groups in total. The predicted molar refractivity (Wildman–Crippen MR) is 85.8 cm³/mol. The molecule has 2 aromatic rings. The van der Waals surface area contributed by atoms with Crippen molar-refractivity contribution in [3.05, 3.63) is 40.7 Å². The van der Waals surface area contributed by atoms with Crippen LogP contribution in [0.25, 0.3) is 11.3 Å². The molecule has 1 heterocycles. The molecular weight excluding hydrogens is 264 g/mol. The maximum Gasteiger partial charge on any atom is 0.0950 e. The predicted octanol–water partition coefficient (Wildman–Crippen LogP) is 4.26. The van der Waals surface area contributed by atoms with Gasteiger partial charge in [0.2, 0.25) is 0 Å². The van der Waals surface area contributed by atoms with E-state index in [0.29, 0.717) is 5.41 Å². The number of hydrogen-bond donors (Lipinski definition) is 1. The van der Waals surface area contributed by atoms with Crippen LogP contribution >= 0.6 is 11.3 Å². The Morgan fingerprint density at radius 2 is 1.95 bits per heavy atom. The third-order valence-electron chi connectivity index (χ3n) is 4.25. The van der Waals surface area contributed by atoms with Gasteiger partial charge in [-0.1, -0.05) is 44.2 Å². The highest BCUT2D eigenvalue weighted by molar-refractivity contribution is 7.09. The molecule has 0 bridgehead atoms. The number of nitrogens with two attached hydrogens (primary N) is 1. The summed E-state index contributed by atoms with van der Waals surface area (Å²) in [5.41, 5.74) is 9.17. The van der Waals surface area contributed by atoms with Crippen LogP contribution in [0.4, 0.5) is 0 Å². The van der Waals surface area contributed by atoms with Gasteiger partial charge in [0.1, 0.15) is 0 Å². The Hall–Kier alpha value is -1.19. The minimum atomic E-state index is -0.0602. The average molecular weight is 286 g/mol. The van der Waals surface area contributed by atoms with Gasteiger partial charge >= 0.3 is 0 Å². The standard InChI is InChI=1S/C17H22N2S/c1-16(2)8-9-17(18,12-16)10-15-19-14(11-20-15)13-6-4-3-5-7-13/h3-7,11H,8-10,12,18H2,1-2H3. The quantitative estimate of drug-likeness (QED) is 0.915.